The second-order valence-electron chi connectivity index (χ2n) is 5.46. The first-order valence-electron chi connectivity index (χ1n) is 6.76. The smallest absolute Gasteiger partial charge is 0.373 e. The highest BCUT2D eigenvalue weighted by Crippen LogP contribution is 2.33. The Bertz CT molecular complexity index is 588. The summed E-state index contributed by atoms with van der Waals surface area (Å²) >= 11 is 0. The van der Waals surface area contributed by atoms with Crippen molar-refractivity contribution in [3.63, 3.8) is 0 Å². The molecule has 7 heteroatoms. The van der Waals surface area contributed by atoms with Crippen LogP contribution in [0.25, 0.3) is 0 Å². The molecule has 1 N–H and O–H groups in total. The van der Waals surface area contributed by atoms with Gasteiger partial charge in [0.2, 0.25) is 5.76 Å². The first-order chi connectivity index (χ1) is 9.65. The Kier molecular flexibility index (Phi) is 5.58. The van der Waals surface area contributed by atoms with Crippen LogP contribution in [-0.2, 0) is 14.6 Å². The average molecular weight is 317 g/mol. The van der Waals surface area contributed by atoms with E-state index < -0.39 is 26.6 Å². The van der Waals surface area contributed by atoms with E-state index >= 15 is 0 Å². The van der Waals surface area contributed by atoms with Crippen LogP contribution in [0.2, 0.25) is 0 Å². The molecule has 1 rings (SSSR count). The van der Waals surface area contributed by atoms with Crippen LogP contribution in [0.1, 0.15) is 49.5 Å². The van der Waals surface area contributed by atoms with Gasteiger partial charge >= 0.3 is 5.97 Å². The Labute approximate surface area is 125 Å². The minimum absolute atomic E-state index is 0.0556. The molecule has 0 fully saturated rings. The molecule has 0 bridgehead atoms. The molecule has 1 aromatic heterocycles. The summed E-state index contributed by atoms with van der Waals surface area (Å²) in [5.74, 6) is -0.132. The standard InChI is InChI=1S/C14H23NO5S/c1-6-9-15-12(14(2,3)21(5,17)18)10-7-8-11(20-10)13(16)19-4/h7-8,12,15H,6,9H2,1-5H3. The van der Waals surface area contributed by atoms with E-state index in [1.54, 1.807) is 19.9 Å². The zero-order valence-electron chi connectivity index (χ0n) is 13.1. The lowest BCUT2D eigenvalue weighted by atomic mass is 10.0. The summed E-state index contributed by atoms with van der Waals surface area (Å²) < 4.78 is 33.1. The monoisotopic (exact) mass is 317 g/mol. The van der Waals surface area contributed by atoms with E-state index in [0.717, 1.165) is 6.42 Å². The van der Waals surface area contributed by atoms with Crippen molar-refractivity contribution in [2.75, 3.05) is 19.9 Å². The molecule has 0 aliphatic rings. The highest BCUT2D eigenvalue weighted by molar-refractivity contribution is 7.92. The Hall–Kier alpha value is -1.34. The minimum atomic E-state index is -3.34. The molecule has 0 radical (unpaired) electrons. The Morgan fingerprint density at radius 1 is 1.43 bits per heavy atom. The number of esters is 1. The van der Waals surface area contributed by atoms with Gasteiger partial charge < -0.3 is 14.5 Å². The molecule has 0 aliphatic carbocycles. The maximum Gasteiger partial charge on any atom is 0.373 e. The van der Waals surface area contributed by atoms with Crippen LogP contribution < -0.4 is 5.32 Å². The Morgan fingerprint density at radius 2 is 2.05 bits per heavy atom. The van der Waals surface area contributed by atoms with Crippen molar-refractivity contribution >= 4 is 15.8 Å². The zero-order chi connectivity index (χ0) is 16.3. The second kappa shape index (κ2) is 6.62. The normalized spacial score (nSPS) is 14.0. The van der Waals surface area contributed by atoms with E-state index in [4.69, 9.17) is 4.42 Å². The number of carbonyl (C=O) groups is 1. The predicted molar refractivity (Wildman–Crippen MR) is 80.0 cm³/mol. The van der Waals surface area contributed by atoms with Gasteiger partial charge in [0.1, 0.15) is 5.76 Å². The third kappa shape index (κ3) is 3.85. The molecular weight excluding hydrogens is 294 g/mol. The first kappa shape index (κ1) is 17.7. The summed E-state index contributed by atoms with van der Waals surface area (Å²) in [6, 6.07) is 2.54. The molecule has 21 heavy (non-hydrogen) atoms. The van der Waals surface area contributed by atoms with Gasteiger partial charge in [-0.25, -0.2) is 13.2 Å². The van der Waals surface area contributed by atoms with Gasteiger partial charge in [-0.1, -0.05) is 6.92 Å². The van der Waals surface area contributed by atoms with E-state index in [-0.39, 0.29) is 5.76 Å². The van der Waals surface area contributed by atoms with Gasteiger partial charge in [-0.05, 0) is 38.9 Å². The zero-order valence-corrected chi connectivity index (χ0v) is 13.9. The fraction of sp³-hybridized carbons (Fsp3) is 0.643. The third-order valence-corrected chi connectivity index (χ3v) is 5.69. The number of nitrogens with one attached hydrogen (secondary N) is 1. The van der Waals surface area contributed by atoms with E-state index in [1.807, 2.05) is 6.92 Å². The number of hydrogen-bond donors (Lipinski definition) is 1. The van der Waals surface area contributed by atoms with Crippen molar-refractivity contribution in [1.29, 1.82) is 0 Å². The van der Waals surface area contributed by atoms with Gasteiger partial charge in [0.25, 0.3) is 0 Å². The van der Waals surface area contributed by atoms with E-state index in [0.29, 0.717) is 12.3 Å². The van der Waals surface area contributed by atoms with Gasteiger partial charge in [0.05, 0.1) is 17.9 Å². The highest BCUT2D eigenvalue weighted by Gasteiger charge is 2.41. The van der Waals surface area contributed by atoms with Crippen LogP contribution in [0, 0.1) is 0 Å². The molecule has 0 saturated carbocycles. The third-order valence-electron chi connectivity index (χ3n) is 3.55. The van der Waals surface area contributed by atoms with Gasteiger partial charge in [-0.15, -0.1) is 0 Å². The number of sulfone groups is 1. The SMILES string of the molecule is CCCNC(c1ccc(C(=O)OC)o1)C(C)(C)S(C)(=O)=O. The molecule has 0 spiro atoms. The predicted octanol–water partition coefficient (Wildman–Crippen LogP) is 1.93. The van der Waals surface area contributed by atoms with Gasteiger partial charge in [-0.3, -0.25) is 0 Å². The van der Waals surface area contributed by atoms with Gasteiger partial charge in [0.15, 0.2) is 9.84 Å². The lowest BCUT2D eigenvalue weighted by molar-refractivity contribution is 0.0561. The topological polar surface area (TPSA) is 85.6 Å². The Balaban J connectivity index is 3.20. The molecule has 0 saturated heterocycles. The number of furan rings is 1. The van der Waals surface area contributed by atoms with E-state index in [9.17, 15) is 13.2 Å². The molecule has 0 aliphatic heterocycles. The number of carbonyl (C=O) groups excluding carboxylic acids is 1. The summed E-state index contributed by atoms with van der Waals surface area (Å²) in [7, 11) is -2.07. The van der Waals surface area contributed by atoms with Crippen molar-refractivity contribution < 1.29 is 22.4 Å². The average Bonchev–Trinajstić information content (AvgIpc) is 2.86. The minimum Gasteiger partial charge on any atom is -0.463 e. The fourth-order valence-corrected chi connectivity index (χ4v) is 2.54. The molecule has 6 nitrogen and oxygen atoms in total. The lowest BCUT2D eigenvalue weighted by Gasteiger charge is -2.32. The maximum atomic E-state index is 12.1. The Morgan fingerprint density at radius 3 is 2.52 bits per heavy atom. The van der Waals surface area contributed by atoms with E-state index in [2.05, 4.69) is 10.1 Å². The number of ether oxygens (including phenoxy) is 1. The second-order valence-corrected chi connectivity index (χ2v) is 8.05. The molecule has 0 aromatic carbocycles. The largest absolute Gasteiger partial charge is 0.463 e. The summed E-state index contributed by atoms with van der Waals surface area (Å²) in [4.78, 5) is 11.5. The van der Waals surface area contributed by atoms with Crippen LogP contribution in [0.5, 0.6) is 0 Å². The molecule has 0 amide bonds. The quantitative estimate of drug-likeness (QED) is 0.773. The van der Waals surface area contributed by atoms with Crippen molar-refractivity contribution in [3.8, 4) is 0 Å². The first-order valence-corrected chi connectivity index (χ1v) is 8.65. The lowest BCUT2D eigenvalue weighted by Crippen LogP contribution is -2.45. The van der Waals surface area contributed by atoms with Crippen LogP contribution in [0.4, 0.5) is 0 Å². The molecule has 1 aromatic rings. The van der Waals surface area contributed by atoms with Crippen molar-refractivity contribution in [2.45, 2.75) is 38.0 Å². The number of rotatable bonds is 7. The summed E-state index contributed by atoms with van der Waals surface area (Å²) in [6.07, 6.45) is 2.04. The van der Waals surface area contributed by atoms with Crippen LogP contribution >= 0.6 is 0 Å². The number of methoxy groups -OCH3 is 1. The van der Waals surface area contributed by atoms with Crippen molar-refractivity contribution in [3.05, 3.63) is 23.7 Å². The summed E-state index contributed by atoms with van der Waals surface area (Å²) in [6.45, 7) is 5.89. The molecule has 120 valence electrons. The summed E-state index contributed by atoms with van der Waals surface area (Å²) in [5.41, 5.74) is 0. The maximum absolute atomic E-state index is 12.1. The van der Waals surface area contributed by atoms with Gasteiger partial charge in [-0.2, -0.15) is 0 Å². The van der Waals surface area contributed by atoms with Crippen LogP contribution in [0.3, 0.4) is 0 Å². The molecule has 1 atom stereocenters. The highest BCUT2D eigenvalue weighted by atomic mass is 32.2. The number of hydrogen-bond acceptors (Lipinski definition) is 6. The van der Waals surface area contributed by atoms with Gasteiger partial charge in [0, 0.05) is 6.26 Å². The van der Waals surface area contributed by atoms with Crippen molar-refractivity contribution in [2.24, 2.45) is 0 Å². The summed E-state index contributed by atoms with van der Waals surface area (Å²) in [5, 5.41) is 3.18. The van der Waals surface area contributed by atoms with E-state index in [1.165, 1.54) is 19.4 Å². The molecule has 1 unspecified atom stereocenters. The molecular formula is C14H23NO5S. The van der Waals surface area contributed by atoms with Crippen LogP contribution in [-0.4, -0.2) is 39.0 Å². The fourth-order valence-electron chi connectivity index (χ4n) is 1.91. The van der Waals surface area contributed by atoms with Crippen molar-refractivity contribution in [1.82, 2.24) is 5.32 Å². The molecule has 1 heterocycles. The van der Waals surface area contributed by atoms with Crippen LogP contribution in [0.15, 0.2) is 16.5 Å².